The Morgan fingerprint density at radius 3 is 2.91 bits per heavy atom. The van der Waals surface area contributed by atoms with Gasteiger partial charge in [-0.1, -0.05) is 17.8 Å². The monoisotopic (exact) mass is 320 g/mol. The molecular weight excluding hydrogens is 308 g/mol. The lowest BCUT2D eigenvalue weighted by Crippen LogP contribution is -2.16. The van der Waals surface area contributed by atoms with Crippen LogP contribution in [0.3, 0.4) is 0 Å². The molecule has 1 aromatic carbocycles. The third-order valence-electron chi connectivity index (χ3n) is 2.55. The molecule has 8 nitrogen and oxygen atoms in total. The number of amides is 1. The van der Waals surface area contributed by atoms with Gasteiger partial charge in [-0.3, -0.25) is 14.9 Å². The number of non-ortho nitro benzene ring substituents is 1. The highest BCUT2D eigenvalue weighted by atomic mass is 32.2. The van der Waals surface area contributed by atoms with Gasteiger partial charge >= 0.3 is 5.69 Å². The number of hydrogen-bond donors (Lipinski definition) is 2. The number of nitro benzene ring substituents is 1. The Morgan fingerprint density at radius 2 is 2.23 bits per heavy atom. The number of nitrogens with zero attached hydrogens (tertiary/aromatic N) is 2. The highest BCUT2D eigenvalue weighted by Gasteiger charge is 2.09. The van der Waals surface area contributed by atoms with Crippen LogP contribution in [0.15, 0.2) is 40.2 Å². The Hall–Kier alpha value is -2.68. The first-order chi connectivity index (χ1) is 10.4. The lowest BCUT2D eigenvalue weighted by atomic mass is 10.3. The van der Waals surface area contributed by atoms with E-state index in [4.69, 9.17) is 0 Å². The molecule has 0 aliphatic rings. The summed E-state index contributed by atoms with van der Waals surface area (Å²) in [5.74, 6) is -0.302. The van der Waals surface area contributed by atoms with E-state index in [1.807, 2.05) is 0 Å². The average molecular weight is 320 g/mol. The first-order valence-electron chi connectivity index (χ1n) is 6.19. The predicted octanol–water partition coefficient (Wildman–Crippen LogP) is 1.72. The fourth-order valence-corrected chi connectivity index (χ4v) is 2.42. The number of nitro groups is 1. The summed E-state index contributed by atoms with van der Waals surface area (Å²) in [5.41, 5.74) is 0.426. The lowest BCUT2D eigenvalue weighted by Gasteiger charge is -2.05. The summed E-state index contributed by atoms with van der Waals surface area (Å²) < 4.78 is 0. The molecule has 0 saturated heterocycles. The van der Waals surface area contributed by atoms with Gasteiger partial charge in [-0.05, 0) is 19.1 Å². The molecule has 0 aliphatic heterocycles. The Labute approximate surface area is 129 Å². The normalized spacial score (nSPS) is 10.2. The van der Waals surface area contributed by atoms with E-state index in [-0.39, 0.29) is 17.3 Å². The van der Waals surface area contributed by atoms with Gasteiger partial charge in [-0.25, -0.2) is 4.79 Å². The summed E-state index contributed by atoms with van der Waals surface area (Å²) >= 11 is 1.11. The lowest BCUT2D eigenvalue weighted by molar-refractivity contribution is -0.384. The maximum absolute atomic E-state index is 11.8. The second kappa shape index (κ2) is 6.85. The van der Waals surface area contributed by atoms with Gasteiger partial charge in [-0.2, -0.15) is 4.98 Å². The van der Waals surface area contributed by atoms with Gasteiger partial charge in [-0.15, -0.1) is 0 Å². The van der Waals surface area contributed by atoms with Crippen molar-refractivity contribution in [3.05, 3.63) is 56.6 Å². The third kappa shape index (κ3) is 4.42. The van der Waals surface area contributed by atoms with E-state index in [0.717, 1.165) is 11.8 Å². The predicted molar refractivity (Wildman–Crippen MR) is 82.0 cm³/mol. The Kier molecular flexibility index (Phi) is 4.89. The molecule has 0 radical (unpaired) electrons. The van der Waals surface area contributed by atoms with Gasteiger partial charge in [0.1, 0.15) is 5.03 Å². The van der Waals surface area contributed by atoms with Crippen molar-refractivity contribution in [3.8, 4) is 0 Å². The minimum absolute atomic E-state index is 0.0403. The molecule has 0 atom stereocenters. The van der Waals surface area contributed by atoms with Crippen LogP contribution >= 0.6 is 11.8 Å². The molecule has 2 aromatic rings. The zero-order valence-electron chi connectivity index (χ0n) is 11.5. The number of aromatic nitrogens is 2. The standard InChI is InChI=1S/C13H12N4O4S/c1-8-5-12(16-13(19)14-8)22-7-11(18)15-9-3-2-4-10(6-9)17(20)21/h2-6H,7H2,1H3,(H,15,18)(H,14,16,19). The second-order valence-electron chi connectivity index (χ2n) is 4.35. The number of H-pyrrole nitrogens is 1. The summed E-state index contributed by atoms with van der Waals surface area (Å²) in [5, 5.41) is 13.7. The van der Waals surface area contributed by atoms with E-state index in [0.29, 0.717) is 16.4 Å². The fourth-order valence-electron chi connectivity index (χ4n) is 1.66. The zero-order valence-corrected chi connectivity index (χ0v) is 12.3. The smallest absolute Gasteiger partial charge is 0.325 e. The van der Waals surface area contributed by atoms with Crippen molar-refractivity contribution in [1.29, 1.82) is 0 Å². The average Bonchev–Trinajstić information content (AvgIpc) is 2.44. The van der Waals surface area contributed by atoms with E-state index in [1.165, 1.54) is 18.2 Å². The van der Waals surface area contributed by atoms with E-state index in [2.05, 4.69) is 15.3 Å². The molecule has 2 N–H and O–H groups in total. The number of rotatable bonds is 5. The van der Waals surface area contributed by atoms with Crippen LogP contribution in [0, 0.1) is 17.0 Å². The first-order valence-corrected chi connectivity index (χ1v) is 7.17. The van der Waals surface area contributed by atoms with Crippen LogP contribution in [0.1, 0.15) is 5.69 Å². The molecule has 0 saturated carbocycles. The molecule has 0 fully saturated rings. The molecule has 1 heterocycles. The summed E-state index contributed by atoms with van der Waals surface area (Å²) in [6, 6.07) is 7.33. The largest absolute Gasteiger partial charge is 0.346 e. The number of anilines is 1. The Balaban J connectivity index is 1.97. The Morgan fingerprint density at radius 1 is 1.45 bits per heavy atom. The van der Waals surface area contributed by atoms with E-state index in [9.17, 15) is 19.7 Å². The third-order valence-corrected chi connectivity index (χ3v) is 3.46. The minimum Gasteiger partial charge on any atom is -0.325 e. The van der Waals surface area contributed by atoms with Gasteiger partial charge in [0.15, 0.2) is 0 Å². The van der Waals surface area contributed by atoms with Crippen LogP contribution in [0.4, 0.5) is 11.4 Å². The van der Waals surface area contributed by atoms with Crippen LogP contribution in [0.25, 0.3) is 0 Å². The SMILES string of the molecule is Cc1cc(SCC(=O)Nc2cccc([N+](=O)[O-])c2)nc(=O)[nH]1. The minimum atomic E-state index is -0.534. The number of carbonyl (C=O) groups excluding carboxylic acids is 1. The van der Waals surface area contributed by atoms with Crippen molar-refractivity contribution in [3.63, 3.8) is 0 Å². The van der Waals surface area contributed by atoms with Gasteiger partial charge in [0, 0.05) is 23.5 Å². The van der Waals surface area contributed by atoms with Crippen LogP contribution in [0.2, 0.25) is 0 Å². The molecule has 1 amide bonds. The molecule has 114 valence electrons. The van der Waals surface area contributed by atoms with E-state index in [1.54, 1.807) is 19.1 Å². The summed E-state index contributed by atoms with van der Waals surface area (Å²) in [7, 11) is 0. The number of nitrogens with one attached hydrogen (secondary N) is 2. The molecule has 1 aromatic heterocycles. The van der Waals surface area contributed by atoms with Crippen molar-refractivity contribution in [2.45, 2.75) is 11.9 Å². The highest BCUT2D eigenvalue weighted by Crippen LogP contribution is 2.18. The van der Waals surface area contributed by atoms with Crippen molar-refractivity contribution < 1.29 is 9.72 Å². The van der Waals surface area contributed by atoms with E-state index >= 15 is 0 Å². The summed E-state index contributed by atoms with van der Waals surface area (Å²) in [6.45, 7) is 1.72. The van der Waals surface area contributed by atoms with E-state index < -0.39 is 10.6 Å². The molecule has 0 unspecified atom stereocenters. The molecule has 0 bridgehead atoms. The molecule has 9 heteroatoms. The molecule has 22 heavy (non-hydrogen) atoms. The second-order valence-corrected chi connectivity index (χ2v) is 5.35. The highest BCUT2D eigenvalue weighted by molar-refractivity contribution is 7.99. The Bertz CT molecular complexity index is 775. The first kappa shape index (κ1) is 15.7. The fraction of sp³-hybridized carbons (Fsp3) is 0.154. The quantitative estimate of drug-likeness (QED) is 0.375. The number of thioether (sulfide) groups is 1. The topological polar surface area (TPSA) is 118 Å². The molecule has 2 rings (SSSR count). The number of aryl methyl sites for hydroxylation is 1. The molecule has 0 spiro atoms. The van der Waals surface area contributed by atoms with Crippen molar-refractivity contribution in [2.24, 2.45) is 0 Å². The maximum Gasteiger partial charge on any atom is 0.346 e. The molecular formula is C13H12N4O4S. The van der Waals surface area contributed by atoms with Crippen molar-refractivity contribution >= 4 is 29.0 Å². The zero-order chi connectivity index (χ0) is 16.1. The van der Waals surface area contributed by atoms with Gasteiger partial charge < -0.3 is 10.3 Å². The van der Waals surface area contributed by atoms with Crippen LogP contribution in [0.5, 0.6) is 0 Å². The number of hydrogen-bond acceptors (Lipinski definition) is 6. The number of benzene rings is 1. The van der Waals surface area contributed by atoms with Gasteiger partial charge in [0.05, 0.1) is 10.7 Å². The summed E-state index contributed by atoms with van der Waals surface area (Å²) in [6.07, 6.45) is 0. The molecule has 0 aliphatic carbocycles. The van der Waals surface area contributed by atoms with Gasteiger partial charge in [0.25, 0.3) is 5.69 Å². The van der Waals surface area contributed by atoms with Crippen LogP contribution < -0.4 is 11.0 Å². The van der Waals surface area contributed by atoms with Crippen LogP contribution in [-0.2, 0) is 4.79 Å². The maximum atomic E-state index is 11.8. The number of carbonyl (C=O) groups is 1. The summed E-state index contributed by atoms with van der Waals surface area (Å²) in [4.78, 5) is 39.4. The van der Waals surface area contributed by atoms with Crippen molar-refractivity contribution in [2.75, 3.05) is 11.1 Å². The van der Waals surface area contributed by atoms with Crippen molar-refractivity contribution in [1.82, 2.24) is 9.97 Å². The number of aromatic amines is 1. The van der Waals surface area contributed by atoms with Crippen LogP contribution in [-0.4, -0.2) is 26.6 Å². The van der Waals surface area contributed by atoms with Gasteiger partial charge in [0.2, 0.25) is 5.91 Å².